The number of ether oxygens (including phenoxy) is 3. The Bertz CT molecular complexity index is 1190. The van der Waals surface area contributed by atoms with Crippen molar-refractivity contribution in [3.8, 4) is 34.4 Å². The van der Waals surface area contributed by atoms with E-state index in [1.807, 2.05) is 6.92 Å². The number of benzene rings is 2. The van der Waals surface area contributed by atoms with Crippen LogP contribution in [0.5, 0.6) is 23.0 Å². The van der Waals surface area contributed by atoms with Gasteiger partial charge >= 0.3 is 5.97 Å². The van der Waals surface area contributed by atoms with Gasteiger partial charge in [0.25, 0.3) is 0 Å². The Morgan fingerprint density at radius 3 is 2.30 bits per heavy atom. The molecule has 0 saturated heterocycles. The Hall–Kier alpha value is -3.37. The highest BCUT2D eigenvalue weighted by atomic mass is 35.5. The summed E-state index contributed by atoms with van der Waals surface area (Å²) in [5.74, 6) is 0.482. The zero-order valence-electron chi connectivity index (χ0n) is 18.3. The van der Waals surface area contributed by atoms with E-state index in [4.69, 9.17) is 25.8 Å². The van der Waals surface area contributed by atoms with Gasteiger partial charge in [0.2, 0.25) is 0 Å². The predicted molar refractivity (Wildman–Crippen MR) is 125 cm³/mol. The first-order chi connectivity index (χ1) is 15.8. The Labute approximate surface area is 199 Å². The highest BCUT2D eigenvalue weighted by molar-refractivity contribution is 8.04. The first kappa shape index (κ1) is 24.3. The lowest BCUT2D eigenvalue weighted by atomic mass is 10.2. The summed E-state index contributed by atoms with van der Waals surface area (Å²) in [4.78, 5) is 11.9. The Morgan fingerprint density at radius 2 is 1.76 bits per heavy atom. The number of phenols is 1. The molecule has 0 spiro atoms. The van der Waals surface area contributed by atoms with Gasteiger partial charge in [-0.1, -0.05) is 11.6 Å². The van der Waals surface area contributed by atoms with Crippen molar-refractivity contribution in [1.82, 2.24) is 14.8 Å². The topological polar surface area (TPSA) is 116 Å². The number of aliphatic carboxylic acids is 1. The van der Waals surface area contributed by atoms with Gasteiger partial charge in [-0.2, -0.15) is 0 Å². The van der Waals surface area contributed by atoms with Crippen molar-refractivity contribution in [3.63, 3.8) is 0 Å². The summed E-state index contributed by atoms with van der Waals surface area (Å²) in [5.41, 5.74) is 1.16. The molecule has 0 radical (unpaired) electrons. The fourth-order valence-corrected chi connectivity index (χ4v) is 4.12. The van der Waals surface area contributed by atoms with Crippen LogP contribution in [-0.4, -0.2) is 52.3 Å². The van der Waals surface area contributed by atoms with Crippen LogP contribution in [0.15, 0.2) is 40.4 Å². The monoisotopic (exact) mass is 491 g/mol. The molecule has 174 valence electrons. The molecule has 1 aromatic heterocycles. The van der Waals surface area contributed by atoms with Gasteiger partial charge in [-0.25, -0.2) is 4.79 Å². The van der Waals surface area contributed by atoms with E-state index >= 15 is 0 Å². The summed E-state index contributed by atoms with van der Waals surface area (Å²) in [6.45, 7) is 2.40. The minimum atomic E-state index is -1.15. The van der Waals surface area contributed by atoms with Crippen LogP contribution in [-0.2, 0) is 11.3 Å². The molecular weight excluding hydrogens is 470 g/mol. The number of carboxylic acids is 1. The van der Waals surface area contributed by atoms with Gasteiger partial charge in [0.15, 0.2) is 22.5 Å². The molecule has 9 nitrogen and oxygen atoms in total. The maximum atomic E-state index is 12.0. The molecule has 3 aromatic rings. The Kier molecular flexibility index (Phi) is 7.72. The van der Waals surface area contributed by atoms with Gasteiger partial charge in [-0.15, -0.1) is 10.2 Å². The molecule has 3 rings (SSSR count). The molecule has 0 aliphatic heterocycles. The second-order valence-electron chi connectivity index (χ2n) is 6.62. The smallest absolute Gasteiger partial charge is 0.342 e. The first-order valence-corrected chi connectivity index (χ1v) is 10.9. The molecular formula is C22H22ClN3O6S. The number of phenolic OH excluding ortho intramolecular Hbond substituents is 1. The van der Waals surface area contributed by atoms with E-state index in [1.165, 1.54) is 25.3 Å². The third kappa shape index (κ3) is 5.35. The molecule has 33 heavy (non-hydrogen) atoms. The number of nitrogens with zero attached hydrogens (tertiary/aromatic N) is 3. The van der Waals surface area contributed by atoms with Crippen LogP contribution >= 0.6 is 23.4 Å². The number of aromatic hydroxyl groups is 1. The molecule has 0 unspecified atom stereocenters. The minimum absolute atomic E-state index is 0.0179. The van der Waals surface area contributed by atoms with Crippen molar-refractivity contribution >= 4 is 35.4 Å². The zero-order valence-corrected chi connectivity index (χ0v) is 19.9. The quantitative estimate of drug-likeness (QED) is 0.328. The molecule has 2 N–H and O–H groups in total. The zero-order chi connectivity index (χ0) is 24.1. The highest BCUT2D eigenvalue weighted by Gasteiger charge is 2.20. The average molecular weight is 492 g/mol. The van der Waals surface area contributed by atoms with E-state index in [9.17, 15) is 15.0 Å². The van der Waals surface area contributed by atoms with Crippen molar-refractivity contribution in [2.45, 2.75) is 18.6 Å². The number of thioether (sulfide) groups is 1. The van der Waals surface area contributed by atoms with Crippen LogP contribution in [0.4, 0.5) is 0 Å². The van der Waals surface area contributed by atoms with Crippen LogP contribution in [0.3, 0.4) is 0 Å². The number of carbonyl (C=O) groups is 1. The SMILES string of the molecule is CCn1c(S/C(=C\c2cc(Cl)c(O)c(OC)c2)C(=O)O)nnc1-c1cc(OC)cc(OC)c1. The summed E-state index contributed by atoms with van der Waals surface area (Å²) >= 11 is 6.97. The van der Waals surface area contributed by atoms with Crippen molar-refractivity contribution in [2.75, 3.05) is 21.3 Å². The Balaban J connectivity index is 2.02. The van der Waals surface area contributed by atoms with E-state index in [0.29, 0.717) is 40.2 Å². The van der Waals surface area contributed by atoms with Gasteiger partial charge in [-0.05, 0) is 54.6 Å². The fourth-order valence-electron chi connectivity index (χ4n) is 3.02. The van der Waals surface area contributed by atoms with Crippen molar-refractivity contribution in [2.24, 2.45) is 0 Å². The number of aromatic nitrogens is 3. The number of halogens is 1. The maximum Gasteiger partial charge on any atom is 0.342 e. The maximum absolute atomic E-state index is 12.0. The molecule has 0 bridgehead atoms. The summed E-state index contributed by atoms with van der Waals surface area (Å²) in [7, 11) is 4.49. The Morgan fingerprint density at radius 1 is 1.09 bits per heavy atom. The van der Waals surface area contributed by atoms with E-state index in [-0.39, 0.29) is 21.4 Å². The number of carboxylic acid groups (broad SMARTS) is 1. The minimum Gasteiger partial charge on any atom is -0.503 e. The first-order valence-electron chi connectivity index (χ1n) is 9.67. The largest absolute Gasteiger partial charge is 0.503 e. The summed E-state index contributed by atoms with van der Waals surface area (Å²) < 4.78 is 17.5. The van der Waals surface area contributed by atoms with Gasteiger partial charge < -0.3 is 29.0 Å². The molecule has 0 fully saturated rings. The normalized spacial score (nSPS) is 11.4. The third-order valence-electron chi connectivity index (χ3n) is 4.62. The molecule has 0 saturated carbocycles. The van der Waals surface area contributed by atoms with E-state index < -0.39 is 5.97 Å². The van der Waals surface area contributed by atoms with Crippen LogP contribution in [0.25, 0.3) is 17.5 Å². The second-order valence-corrected chi connectivity index (χ2v) is 8.04. The number of rotatable bonds is 9. The van der Waals surface area contributed by atoms with Crippen molar-refractivity contribution in [3.05, 3.63) is 45.8 Å². The van der Waals surface area contributed by atoms with Crippen LogP contribution < -0.4 is 14.2 Å². The van der Waals surface area contributed by atoms with Crippen molar-refractivity contribution < 1.29 is 29.2 Å². The third-order valence-corrected chi connectivity index (χ3v) is 5.91. The fraction of sp³-hybridized carbons (Fsp3) is 0.227. The average Bonchev–Trinajstić information content (AvgIpc) is 3.22. The molecule has 0 amide bonds. The molecule has 0 aliphatic rings. The van der Waals surface area contributed by atoms with Gasteiger partial charge in [0.1, 0.15) is 16.4 Å². The van der Waals surface area contributed by atoms with E-state index in [2.05, 4.69) is 10.2 Å². The molecule has 2 aromatic carbocycles. The lowest BCUT2D eigenvalue weighted by Crippen LogP contribution is -2.03. The van der Waals surface area contributed by atoms with Crippen LogP contribution in [0.2, 0.25) is 5.02 Å². The molecule has 0 atom stereocenters. The van der Waals surface area contributed by atoms with Gasteiger partial charge in [0.05, 0.1) is 26.4 Å². The highest BCUT2D eigenvalue weighted by Crippen LogP contribution is 2.37. The second kappa shape index (κ2) is 10.5. The van der Waals surface area contributed by atoms with Crippen molar-refractivity contribution in [1.29, 1.82) is 0 Å². The summed E-state index contributed by atoms with van der Waals surface area (Å²) in [6.07, 6.45) is 1.42. The summed E-state index contributed by atoms with van der Waals surface area (Å²) in [6, 6.07) is 8.27. The lowest BCUT2D eigenvalue weighted by molar-refractivity contribution is -0.131. The summed E-state index contributed by atoms with van der Waals surface area (Å²) in [5, 5.41) is 28.6. The van der Waals surface area contributed by atoms with Crippen LogP contribution in [0, 0.1) is 0 Å². The molecule has 0 aliphatic carbocycles. The van der Waals surface area contributed by atoms with E-state index in [1.54, 1.807) is 37.0 Å². The standard InChI is InChI=1S/C22H22ClN3O6S/c1-5-26-20(13-9-14(30-2)11-15(10-13)31-3)24-25-22(26)33-18(21(28)29)8-12-6-16(23)19(27)17(7-12)32-4/h6-11,27H,5H2,1-4H3,(H,28,29)/b18-8-. The van der Waals surface area contributed by atoms with Crippen LogP contribution in [0.1, 0.15) is 12.5 Å². The lowest BCUT2D eigenvalue weighted by Gasteiger charge is -2.11. The molecule has 11 heteroatoms. The number of hydrogen-bond donors (Lipinski definition) is 2. The molecule has 1 heterocycles. The number of methoxy groups -OCH3 is 3. The van der Waals surface area contributed by atoms with E-state index in [0.717, 1.165) is 11.8 Å². The van der Waals surface area contributed by atoms with Gasteiger partial charge in [0, 0.05) is 18.2 Å². The number of hydrogen-bond acceptors (Lipinski definition) is 8. The van der Waals surface area contributed by atoms with Gasteiger partial charge in [-0.3, -0.25) is 0 Å². The predicted octanol–water partition coefficient (Wildman–Crippen LogP) is 4.57.